The largest absolute Gasteiger partial charge is 0.573 e. The number of hydrogen-bond donors (Lipinski definition) is 2. The summed E-state index contributed by atoms with van der Waals surface area (Å²) in [6, 6.07) is 10.8. The maximum Gasteiger partial charge on any atom is 0.573 e. The van der Waals surface area contributed by atoms with Gasteiger partial charge in [-0.2, -0.15) is 4.98 Å². The summed E-state index contributed by atoms with van der Waals surface area (Å²) in [5, 5.41) is 6.06. The quantitative estimate of drug-likeness (QED) is 0.399. The fraction of sp³-hybridized carbons (Fsp3) is 0.333. The van der Waals surface area contributed by atoms with Crippen LogP contribution in [0.4, 0.5) is 36.4 Å². The molecule has 0 aliphatic carbocycles. The minimum absolute atomic E-state index is 0.00268. The fourth-order valence-corrected chi connectivity index (χ4v) is 3.98. The number of halogens is 4. The molecule has 0 radical (unpaired) electrons. The van der Waals surface area contributed by atoms with E-state index in [9.17, 15) is 18.0 Å². The molecule has 196 valence electrons. The van der Waals surface area contributed by atoms with Gasteiger partial charge >= 0.3 is 6.36 Å². The van der Waals surface area contributed by atoms with Gasteiger partial charge in [-0.25, -0.2) is 9.97 Å². The van der Waals surface area contributed by atoms with Crippen LogP contribution in [0.3, 0.4) is 0 Å². The first-order chi connectivity index (χ1) is 17.7. The van der Waals surface area contributed by atoms with Crippen LogP contribution in [0.5, 0.6) is 5.75 Å². The number of carbonyl (C=O) groups is 1. The van der Waals surface area contributed by atoms with Gasteiger partial charge in [0, 0.05) is 20.0 Å². The third-order valence-corrected chi connectivity index (χ3v) is 5.89. The van der Waals surface area contributed by atoms with Crippen LogP contribution in [0.1, 0.15) is 25.3 Å². The molecule has 9 nitrogen and oxygen atoms in total. The summed E-state index contributed by atoms with van der Waals surface area (Å²) in [5.41, 5.74) is 1.77. The number of rotatable bonds is 8. The number of piperidine rings is 1. The third kappa shape index (κ3) is 7.67. The predicted octanol–water partition coefficient (Wildman–Crippen LogP) is 5.31. The first kappa shape index (κ1) is 26.4. The van der Waals surface area contributed by atoms with Crippen molar-refractivity contribution >= 4 is 40.8 Å². The third-order valence-electron chi connectivity index (χ3n) is 5.48. The minimum atomic E-state index is -4.72. The zero-order chi connectivity index (χ0) is 26.4. The Balaban J connectivity index is 1.29. The first-order valence-corrected chi connectivity index (χ1v) is 11.8. The van der Waals surface area contributed by atoms with Gasteiger partial charge in [-0.3, -0.25) is 4.79 Å². The number of nitrogens with one attached hydrogen (secondary N) is 2. The molecule has 1 fully saturated rings. The molecular weight excluding hydrogens is 513 g/mol. The van der Waals surface area contributed by atoms with Crippen molar-refractivity contribution in [1.29, 1.82) is 0 Å². The van der Waals surface area contributed by atoms with E-state index in [-0.39, 0.29) is 24.4 Å². The van der Waals surface area contributed by atoms with Crippen LogP contribution in [0.25, 0.3) is 0 Å². The molecule has 2 aromatic carbocycles. The van der Waals surface area contributed by atoms with Gasteiger partial charge < -0.3 is 25.0 Å². The lowest BCUT2D eigenvalue weighted by atomic mass is 10.1. The molecule has 4 rings (SSSR count). The zero-order valence-corrected chi connectivity index (χ0v) is 20.5. The monoisotopic (exact) mass is 536 g/mol. The molecule has 0 atom stereocenters. The van der Waals surface area contributed by atoms with E-state index in [2.05, 4.69) is 30.3 Å². The number of alkyl halides is 3. The molecule has 13 heteroatoms. The highest BCUT2D eigenvalue weighted by molar-refractivity contribution is 6.36. The molecule has 1 aliphatic rings. The smallest absolute Gasteiger partial charge is 0.406 e. The van der Waals surface area contributed by atoms with E-state index in [1.54, 1.807) is 30.3 Å². The summed E-state index contributed by atoms with van der Waals surface area (Å²) < 4.78 is 46.7. The average molecular weight is 537 g/mol. The van der Waals surface area contributed by atoms with E-state index in [1.807, 2.05) is 4.90 Å². The Labute approximate surface area is 216 Å². The van der Waals surface area contributed by atoms with E-state index in [0.717, 1.165) is 18.4 Å². The Kier molecular flexibility index (Phi) is 8.29. The SMILES string of the molecule is CC(=O)Nc1cccc(Nc2ncnc(N3CCC(OCc4ccc(OC(F)(F)F)cc4)CC3)n2)c1Cl. The number of hydrogen-bond acceptors (Lipinski definition) is 8. The molecule has 1 aromatic heterocycles. The number of anilines is 4. The van der Waals surface area contributed by atoms with Crippen molar-refractivity contribution in [2.75, 3.05) is 28.6 Å². The van der Waals surface area contributed by atoms with E-state index >= 15 is 0 Å². The van der Waals surface area contributed by atoms with Crippen LogP contribution < -0.4 is 20.3 Å². The van der Waals surface area contributed by atoms with Crippen molar-refractivity contribution in [3.05, 3.63) is 59.4 Å². The zero-order valence-electron chi connectivity index (χ0n) is 19.8. The van der Waals surface area contributed by atoms with Crippen LogP contribution in [0, 0.1) is 0 Å². The maximum absolute atomic E-state index is 12.3. The van der Waals surface area contributed by atoms with Crippen molar-refractivity contribution < 1.29 is 27.4 Å². The summed E-state index contributed by atoms with van der Waals surface area (Å²) >= 11 is 6.39. The molecule has 0 spiro atoms. The van der Waals surface area contributed by atoms with Gasteiger partial charge in [-0.1, -0.05) is 29.8 Å². The van der Waals surface area contributed by atoms with Crippen LogP contribution in [-0.2, 0) is 16.1 Å². The average Bonchev–Trinajstić information content (AvgIpc) is 2.85. The summed E-state index contributed by atoms with van der Waals surface area (Å²) in [6.45, 7) is 3.00. The van der Waals surface area contributed by atoms with E-state index in [1.165, 1.54) is 25.4 Å². The van der Waals surface area contributed by atoms with Gasteiger partial charge in [0.25, 0.3) is 0 Å². The molecule has 3 aromatic rings. The van der Waals surface area contributed by atoms with Crippen molar-refractivity contribution in [3.8, 4) is 5.75 Å². The number of aromatic nitrogens is 3. The second-order valence-electron chi connectivity index (χ2n) is 8.27. The lowest BCUT2D eigenvalue weighted by molar-refractivity contribution is -0.274. The summed E-state index contributed by atoms with van der Waals surface area (Å²) in [6.07, 6.45) is -1.85. The van der Waals surface area contributed by atoms with Crippen molar-refractivity contribution in [2.24, 2.45) is 0 Å². The second-order valence-corrected chi connectivity index (χ2v) is 8.65. The van der Waals surface area contributed by atoms with Gasteiger partial charge in [-0.15, -0.1) is 13.2 Å². The molecule has 1 amide bonds. The molecule has 37 heavy (non-hydrogen) atoms. The highest BCUT2D eigenvalue weighted by Crippen LogP contribution is 2.32. The number of nitrogens with zero attached hydrogens (tertiary/aromatic N) is 4. The Morgan fingerprint density at radius 3 is 2.49 bits per heavy atom. The first-order valence-electron chi connectivity index (χ1n) is 11.4. The lowest BCUT2D eigenvalue weighted by Crippen LogP contribution is -2.38. The highest BCUT2D eigenvalue weighted by Gasteiger charge is 2.31. The lowest BCUT2D eigenvalue weighted by Gasteiger charge is -2.32. The van der Waals surface area contributed by atoms with Crippen LogP contribution in [0.2, 0.25) is 5.02 Å². The predicted molar refractivity (Wildman–Crippen MR) is 132 cm³/mol. The van der Waals surface area contributed by atoms with E-state index in [0.29, 0.717) is 41.4 Å². The second kappa shape index (κ2) is 11.6. The highest BCUT2D eigenvalue weighted by atomic mass is 35.5. The molecule has 0 bridgehead atoms. The van der Waals surface area contributed by atoms with Crippen LogP contribution in [0.15, 0.2) is 48.8 Å². The number of benzene rings is 2. The van der Waals surface area contributed by atoms with Gasteiger partial charge in [0.15, 0.2) is 0 Å². The summed E-state index contributed by atoms with van der Waals surface area (Å²) in [5.74, 6) is 0.314. The maximum atomic E-state index is 12.3. The van der Waals surface area contributed by atoms with Crippen LogP contribution >= 0.6 is 11.6 Å². The van der Waals surface area contributed by atoms with Crippen molar-refractivity contribution in [2.45, 2.75) is 38.8 Å². The Bertz CT molecular complexity index is 1220. The molecule has 1 saturated heterocycles. The Morgan fingerprint density at radius 2 is 1.81 bits per heavy atom. The molecule has 0 saturated carbocycles. The standard InChI is InChI=1S/C24H24ClF3N6O3/c1-15(35)31-19-3-2-4-20(21(19)25)32-22-29-14-30-23(33-22)34-11-9-17(10-12-34)36-13-16-5-7-18(8-6-16)37-24(26,27)28/h2-8,14,17H,9-13H2,1H3,(H,31,35)(H,29,30,32,33). The molecule has 2 N–H and O–H groups in total. The van der Waals surface area contributed by atoms with Gasteiger partial charge in [0.05, 0.1) is 29.1 Å². The van der Waals surface area contributed by atoms with Gasteiger partial charge in [-0.05, 0) is 42.7 Å². The number of ether oxygens (including phenoxy) is 2. The summed E-state index contributed by atoms with van der Waals surface area (Å²) in [7, 11) is 0. The Hall–Kier alpha value is -3.64. The topological polar surface area (TPSA) is 102 Å². The molecular formula is C24H24ClF3N6O3. The van der Waals surface area contributed by atoms with E-state index in [4.69, 9.17) is 16.3 Å². The number of carbonyl (C=O) groups excluding carboxylic acids is 1. The molecule has 2 heterocycles. The normalized spacial score (nSPS) is 14.4. The molecule has 1 aliphatic heterocycles. The van der Waals surface area contributed by atoms with Gasteiger partial charge in [0.2, 0.25) is 17.8 Å². The fourth-order valence-electron chi connectivity index (χ4n) is 3.76. The van der Waals surface area contributed by atoms with Crippen LogP contribution in [-0.4, -0.2) is 46.4 Å². The van der Waals surface area contributed by atoms with Gasteiger partial charge in [0.1, 0.15) is 12.1 Å². The van der Waals surface area contributed by atoms with Crippen molar-refractivity contribution in [3.63, 3.8) is 0 Å². The van der Waals surface area contributed by atoms with E-state index < -0.39 is 6.36 Å². The Morgan fingerprint density at radius 1 is 1.11 bits per heavy atom. The summed E-state index contributed by atoms with van der Waals surface area (Å²) in [4.78, 5) is 26.3. The van der Waals surface area contributed by atoms with Crippen molar-refractivity contribution in [1.82, 2.24) is 15.0 Å². The number of amides is 1. The molecule has 0 unspecified atom stereocenters. The minimum Gasteiger partial charge on any atom is -0.406 e.